The van der Waals surface area contributed by atoms with Crippen LogP contribution in [-0.4, -0.2) is 40.6 Å². The summed E-state index contributed by atoms with van der Waals surface area (Å²) in [6, 6.07) is 9.24. The van der Waals surface area contributed by atoms with E-state index in [9.17, 15) is 9.90 Å². The van der Waals surface area contributed by atoms with Crippen molar-refractivity contribution in [2.24, 2.45) is 0 Å². The van der Waals surface area contributed by atoms with Crippen LogP contribution in [0.1, 0.15) is 24.5 Å². The van der Waals surface area contributed by atoms with Crippen molar-refractivity contribution in [3.8, 4) is 0 Å². The molecule has 1 aromatic carbocycles. The molecule has 3 N–H and O–H groups in total. The molecule has 1 rings (SSSR count). The number of hydrogen-bond donors (Lipinski definition) is 3. The van der Waals surface area contributed by atoms with E-state index in [0.717, 1.165) is 5.56 Å². The minimum Gasteiger partial charge on any atom is -0.481 e. The van der Waals surface area contributed by atoms with Crippen LogP contribution in [0.15, 0.2) is 30.3 Å². The average Bonchev–Trinajstić information content (AvgIpc) is 2.39. The van der Waals surface area contributed by atoms with Gasteiger partial charge in [0.1, 0.15) is 6.10 Å². The van der Waals surface area contributed by atoms with Crippen molar-refractivity contribution in [3.05, 3.63) is 35.9 Å². The second kappa shape index (κ2) is 7.81. The zero-order chi connectivity index (χ0) is 13.4. The molecule has 1 aromatic rings. The Hall–Kier alpha value is -1.43. The molecule has 0 aliphatic heterocycles. The van der Waals surface area contributed by atoms with E-state index < -0.39 is 12.1 Å². The Morgan fingerprint density at radius 3 is 2.50 bits per heavy atom. The van der Waals surface area contributed by atoms with Crippen molar-refractivity contribution in [2.75, 3.05) is 13.2 Å². The minimum atomic E-state index is -0.943. The molecule has 0 saturated heterocycles. The number of benzene rings is 1. The summed E-state index contributed by atoms with van der Waals surface area (Å²) in [5, 5.41) is 26.6. The summed E-state index contributed by atoms with van der Waals surface area (Å²) >= 11 is 0. The average molecular weight is 254 g/mol. The zero-order valence-corrected chi connectivity index (χ0v) is 10.0. The molecule has 18 heavy (non-hydrogen) atoms. The summed E-state index contributed by atoms with van der Waals surface area (Å²) in [4.78, 5) is 10.6. The van der Waals surface area contributed by atoms with E-state index in [1.54, 1.807) is 0 Å². The molecule has 5 heteroatoms. The SMILES string of the molecule is O=C(O)CCC(OCC(O)CO)c1ccccc1. The Bertz CT molecular complexity index is 352. The van der Waals surface area contributed by atoms with Crippen molar-refractivity contribution in [1.29, 1.82) is 0 Å². The lowest BCUT2D eigenvalue weighted by Crippen LogP contribution is -2.21. The summed E-state index contributed by atoms with van der Waals surface area (Å²) in [5.41, 5.74) is 0.865. The third-order valence-electron chi connectivity index (χ3n) is 2.49. The lowest BCUT2D eigenvalue weighted by molar-refractivity contribution is -0.138. The fourth-order valence-electron chi connectivity index (χ4n) is 1.55. The lowest BCUT2D eigenvalue weighted by atomic mass is 10.0. The number of hydrogen-bond acceptors (Lipinski definition) is 4. The van der Waals surface area contributed by atoms with Gasteiger partial charge in [-0.3, -0.25) is 4.79 Å². The first kappa shape index (κ1) is 14.6. The standard InChI is InChI=1S/C13H18O5/c14-8-11(15)9-18-12(6-7-13(16)17)10-4-2-1-3-5-10/h1-5,11-12,14-15H,6-9H2,(H,16,17). The van der Waals surface area contributed by atoms with Crippen LogP contribution < -0.4 is 0 Å². The summed E-state index contributed by atoms with van der Waals surface area (Å²) in [5.74, 6) is -0.887. The van der Waals surface area contributed by atoms with Crippen molar-refractivity contribution < 1.29 is 24.9 Å². The highest BCUT2D eigenvalue weighted by atomic mass is 16.5. The van der Waals surface area contributed by atoms with Gasteiger partial charge in [-0.2, -0.15) is 0 Å². The van der Waals surface area contributed by atoms with Crippen molar-refractivity contribution in [3.63, 3.8) is 0 Å². The summed E-state index contributed by atoms with van der Waals surface area (Å²) in [7, 11) is 0. The van der Waals surface area contributed by atoms with E-state index in [4.69, 9.17) is 14.9 Å². The molecule has 0 radical (unpaired) electrons. The maximum atomic E-state index is 10.6. The lowest BCUT2D eigenvalue weighted by Gasteiger charge is -2.19. The third-order valence-corrected chi connectivity index (χ3v) is 2.49. The van der Waals surface area contributed by atoms with Gasteiger partial charge in [0, 0.05) is 6.42 Å². The number of rotatable bonds is 8. The quantitative estimate of drug-likeness (QED) is 0.643. The van der Waals surface area contributed by atoms with E-state index in [1.165, 1.54) is 0 Å². The van der Waals surface area contributed by atoms with Crippen LogP contribution in [-0.2, 0) is 9.53 Å². The smallest absolute Gasteiger partial charge is 0.303 e. The number of aliphatic carboxylic acids is 1. The maximum absolute atomic E-state index is 10.6. The van der Waals surface area contributed by atoms with Crippen molar-refractivity contribution in [1.82, 2.24) is 0 Å². The highest BCUT2D eigenvalue weighted by Crippen LogP contribution is 2.22. The zero-order valence-electron chi connectivity index (χ0n) is 10.0. The molecule has 0 aliphatic carbocycles. The number of carboxylic acid groups (broad SMARTS) is 1. The second-order valence-corrected chi connectivity index (χ2v) is 4.00. The van der Waals surface area contributed by atoms with Gasteiger partial charge >= 0.3 is 5.97 Å². The van der Waals surface area contributed by atoms with Gasteiger partial charge in [-0.15, -0.1) is 0 Å². The maximum Gasteiger partial charge on any atom is 0.303 e. The van der Waals surface area contributed by atoms with Gasteiger partial charge in [-0.05, 0) is 12.0 Å². The molecular weight excluding hydrogens is 236 g/mol. The number of ether oxygens (including phenoxy) is 1. The van der Waals surface area contributed by atoms with E-state index in [1.807, 2.05) is 30.3 Å². The fraction of sp³-hybridized carbons (Fsp3) is 0.462. The topological polar surface area (TPSA) is 87.0 Å². The molecule has 0 heterocycles. The summed E-state index contributed by atoms with van der Waals surface area (Å²) < 4.78 is 5.46. The van der Waals surface area contributed by atoms with Crippen LogP contribution in [0.2, 0.25) is 0 Å². The van der Waals surface area contributed by atoms with E-state index >= 15 is 0 Å². The molecule has 2 unspecified atom stereocenters. The highest BCUT2D eigenvalue weighted by molar-refractivity contribution is 5.66. The van der Waals surface area contributed by atoms with Gasteiger partial charge in [0.15, 0.2) is 0 Å². The van der Waals surface area contributed by atoms with Crippen molar-refractivity contribution >= 4 is 5.97 Å². The largest absolute Gasteiger partial charge is 0.481 e. The molecule has 0 bridgehead atoms. The summed E-state index contributed by atoms with van der Waals surface area (Å²) in [6.45, 7) is -0.393. The Kier molecular flexibility index (Phi) is 6.35. The van der Waals surface area contributed by atoms with Crippen LogP contribution >= 0.6 is 0 Å². The molecule has 0 amide bonds. The molecule has 5 nitrogen and oxygen atoms in total. The van der Waals surface area contributed by atoms with E-state index in [0.29, 0.717) is 6.42 Å². The Morgan fingerprint density at radius 1 is 1.28 bits per heavy atom. The van der Waals surface area contributed by atoms with E-state index in [-0.39, 0.29) is 25.7 Å². The first-order valence-corrected chi connectivity index (χ1v) is 5.80. The number of aliphatic hydroxyl groups excluding tert-OH is 2. The van der Waals surface area contributed by atoms with Gasteiger partial charge in [0.2, 0.25) is 0 Å². The molecule has 0 spiro atoms. The number of carbonyl (C=O) groups is 1. The Balaban J connectivity index is 2.60. The predicted octanol–water partition coefficient (Wildman–Crippen LogP) is 0.962. The van der Waals surface area contributed by atoms with Crippen LogP contribution in [0, 0.1) is 0 Å². The van der Waals surface area contributed by atoms with Gasteiger partial charge in [0.25, 0.3) is 0 Å². The first-order chi connectivity index (χ1) is 8.63. The fourth-order valence-corrected chi connectivity index (χ4v) is 1.55. The highest BCUT2D eigenvalue weighted by Gasteiger charge is 2.15. The van der Waals surface area contributed by atoms with E-state index in [2.05, 4.69) is 0 Å². The van der Waals surface area contributed by atoms with Crippen LogP contribution in [0.5, 0.6) is 0 Å². The third kappa shape index (κ3) is 5.27. The molecule has 0 saturated carbocycles. The number of aliphatic hydroxyl groups is 2. The second-order valence-electron chi connectivity index (χ2n) is 4.00. The molecular formula is C13H18O5. The Morgan fingerprint density at radius 2 is 1.94 bits per heavy atom. The molecule has 2 atom stereocenters. The molecule has 0 aromatic heterocycles. The van der Waals surface area contributed by atoms with Gasteiger partial charge < -0.3 is 20.1 Å². The van der Waals surface area contributed by atoms with Gasteiger partial charge in [-0.25, -0.2) is 0 Å². The van der Waals surface area contributed by atoms with Gasteiger partial charge in [0.05, 0.1) is 19.3 Å². The summed E-state index contributed by atoms with van der Waals surface area (Å²) in [6.07, 6.45) is -1.00. The van der Waals surface area contributed by atoms with Gasteiger partial charge in [-0.1, -0.05) is 30.3 Å². The molecule has 0 fully saturated rings. The number of carboxylic acids is 1. The normalized spacial score (nSPS) is 14.1. The monoisotopic (exact) mass is 254 g/mol. The van der Waals surface area contributed by atoms with Crippen LogP contribution in [0.3, 0.4) is 0 Å². The molecule has 0 aliphatic rings. The molecule has 100 valence electrons. The minimum absolute atomic E-state index is 0.00518. The first-order valence-electron chi connectivity index (χ1n) is 5.80. The van der Waals surface area contributed by atoms with Crippen molar-refractivity contribution in [2.45, 2.75) is 25.0 Å². The van der Waals surface area contributed by atoms with Crippen LogP contribution in [0.4, 0.5) is 0 Å². The predicted molar refractivity (Wildman–Crippen MR) is 65.1 cm³/mol. The van der Waals surface area contributed by atoms with Crippen LogP contribution in [0.25, 0.3) is 0 Å². The Labute approximate surface area is 106 Å².